The van der Waals surface area contributed by atoms with Crippen LogP contribution in [0.1, 0.15) is 10.4 Å². The second kappa shape index (κ2) is 7.21. The number of carbonyl (C=O) groups excluding carboxylic acids is 1. The predicted octanol–water partition coefficient (Wildman–Crippen LogP) is 4.27. The van der Waals surface area contributed by atoms with Gasteiger partial charge in [0.15, 0.2) is 5.82 Å². The number of benzene rings is 2. The van der Waals surface area contributed by atoms with E-state index in [9.17, 15) is 4.79 Å². The summed E-state index contributed by atoms with van der Waals surface area (Å²) in [6.45, 7) is 0. The maximum atomic E-state index is 11.6. The number of ether oxygens (including phenoxy) is 2. The van der Waals surface area contributed by atoms with Crippen molar-refractivity contribution in [2.45, 2.75) is 0 Å². The van der Waals surface area contributed by atoms with Gasteiger partial charge in [-0.05, 0) is 48.5 Å². The molecule has 0 fully saturated rings. The quantitative estimate of drug-likeness (QED) is 0.508. The fraction of sp³-hybridized carbons (Fsp3) is 0.0476. The van der Waals surface area contributed by atoms with Crippen LogP contribution in [0.25, 0.3) is 22.3 Å². The number of pyridine rings is 1. The molecule has 0 aliphatic rings. The van der Waals surface area contributed by atoms with Gasteiger partial charge in [-0.2, -0.15) is 4.98 Å². The number of para-hydroxylation sites is 1. The third-order valence-corrected chi connectivity index (χ3v) is 4.00. The van der Waals surface area contributed by atoms with E-state index in [4.69, 9.17) is 9.47 Å². The summed E-state index contributed by atoms with van der Waals surface area (Å²) in [6.07, 6.45) is 3.39. The minimum absolute atomic E-state index is 0.394. The Morgan fingerprint density at radius 3 is 2.37 bits per heavy atom. The second-order valence-electron chi connectivity index (χ2n) is 5.72. The number of aromatic nitrogens is 3. The van der Waals surface area contributed by atoms with Crippen LogP contribution in [0, 0.1) is 0 Å². The summed E-state index contributed by atoms with van der Waals surface area (Å²) in [7, 11) is 1.35. The number of rotatable bonds is 4. The molecule has 4 aromatic rings. The van der Waals surface area contributed by atoms with Crippen molar-refractivity contribution in [3.8, 4) is 23.0 Å². The molecule has 4 rings (SSSR count). The van der Waals surface area contributed by atoms with Crippen molar-refractivity contribution in [3.63, 3.8) is 0 Å². The van der Waals surface area contributed by atoms with Crippen LogP contribution in [-0.2, 0) is 4.74 Å². The van der Waals surface area contributed by atoms with Crippen LogP contribution in [0.2, 0.25) is 0 Å². The van der Waals surface area contributed by atoms with Gasteiger partial charge >= 0.3 is 5.97 Å². The van der Waals surface area contributed by atoms with Gasteiger partial charge in [0.05, 0.1) is 23.6 Å². The van der Waals surface area contributed by atoms with E-state index < -0.39 is 5.97 Å². The fourth-order valence-corrected chi connectivity index (χ4v) is 2.64. The van der Waals surface area contributed by atoms with Gasteiger partial charge in [0.1, 0.15) is 5.75 Å². The van der Waals surface area contributed by atoms with Crippen LogP contribution in [0.5, 0.6) is 11.6 Å². The van der Waals surface area contributed by atoms with Crippen LogP contribution in [0.4, 0.5) is 0 Å². The first-order chi connectivity index (χ1) is 13.2. The van der Waals surface area contributed by atoms with Crippen LogP contribution >= 0.6 is 0 Å². The summed E-state index contributed by atoms with van der Waals surface area (Å²) in [4.78, 5) is 24.8. The minimum atomic E-state index is -0.394. The normalized spacial score (nSPS) is 10.6. The second-order valence-corrected chi connectivity index (χ2v) is 5.72. The molecular weight excluding hydrogens is 342 g/mol. The maximum absolute atomic E-state index is 11.6. The summed E-state index contributed by atoms with van der Waals surface area (Å²) in [5.74, 6) is 1.16. The van der Waals surface area contributed by atoms with Crippen molar-refractivity contribution >= 4 is 16.9 Å². The number of esters is 1. The molecule has 27 heavy (non-hydrogen) atoms. The lowest BCUT2D eigenvalue weighted by Gasteiger charge is -2.10. The zero-order valence-corrected chi connectivity index (χ0v) is 14.5. The summed E-state index contributed by atoms with van der Waals surface area (Å²) in [6, 6.07) is 18.0. The number of hydrogen-bond donors (Lipinski definition) is 0. The molecule has 0 aliphatic heterocycles. The lowest BCUT2D eigenvalue weighted by molar-refractivity contribution is 0.0600. The molecule has 0 amide bonds. The van der Waals surface area contributed by atoms with Gasteiger partial charge in [0, 0.05) is 18.0 Å². The summed E-state index contributed by atoms with van der Waals surface area (Å²) in [5, 5.41) is 0.798. The van der Waals surface area contributed by atoms with E-state index in [1.165, 1.54) is 7.11 Å². The van der Waals surface area contributed by atoms with Crippen LogP contribution in [-0.4, -0.2) is 28.0 Å². The molecule has 132 valence electrons. The van der Waals surface area contributed by atoms with E-state index in [-0.39, 0.29) is 0 Å². The van der Waals surface area contributed by atoms with E-state index >= 15 is 0 Å². The smallest absolute Gasteiger partial charge is 0.337 e. The zero-order chi connectivity index (χ0) is 18.6. The average molecular weight is 357 g/mol. The third kappa shape index (κ3) is 3.46. The molecule has 0 N–H and O–H groups in total. The van der Waals surface area contributed by atoms with Gasteiger partial charge in [-0.1, -0.05) is 12.1 Å². The molecule has 0 atom stereocenters. The highest BCUT2D eigenvalue weighted by Gasteiger charge is 2.12. The van der Waals surface area contributed by atoms with Crippen molar-refractivity contribution < 1.29 is 14.3 Å². The highest BCUT2D eigenvalue weighted by atomic mass is 16.5. The fourth-order valence-electron chi connectivity index (χ4n) is 2.64. The highest BCUT2D eigenvalue weighted by Crippen LogP contribution is 2.30. The molecule has 6 heteroatoms. The first kappa shape index (κ1) is 16.7. The molecule has 2 aromatic carbocycles. The predicted molar refractivity (Wildman–Crippen MR) is 101 cm³/mol. The third-order valence-electron chi connectivity index (χ3n) is 4.00. The molecule has 2 heterocycles. The van der Waals surface area contributed by atoms with E-state index in [1.807, 2.05) is 36.4 Å². The molecule has 0 unspecified atom stereocenters. The van der Waals surface area contributed by atoms with Crippen LogP contribution in [0.15, 0.2) is 73.1 Å². The Balaban J connectivity index is 1.75. The largest absolute Gasteiger partial charge is 0.465 e. The first-order valence-electron chi connectivity index (χ1n) is 8.28. The Labute approximate surface area is 155 Å². The van der Waals surface area contributed by atoms with Crippen LogP contribution < -0.4 is 4.74 Å². The van der Waals surface area contributed by atoms with Crippen molar-refractivity contribution in [2.24, 2.45) is 0 Å². The number of hydrogen-bond acceptors (Lipinski definition) is 6. The van der Waals surface area contributed by atoms with Crippen molar-refractivity contribution in [1.82, 2.24) is 15.0 Å². The standard InChI is InChI=1S/C21H15N3O3/c1-26-21(25)15-6-8-16(9-7-15)27-20-17-4-2-3-5-18(17)23-19(24-20)14-10-12-22-13-11-14/h2-13H,1H3. The van der Waals surface area contributed by atoms with E-state index in [0.29, 0.717) is 23.0 Å². The lowest BCUT2D eigenvalue weighted by Crippen LogP contribution is -2.00. The number of carbonyl (C=O) groups is 1. The van der Waals surface area contributed by atoms with Gasteiger partial charge < -0.3 is 9.47 Å². The highest BCUT2D eigenvalue weighted by molar-refractivity contribution is 5.89. The average Bonchev–Trinajstić information content (AvgIpc) is 2.74. The van der Waals surface area contributed by atoms with Gasteiger partial charge in [-0.25, -0.2) is 9.78 Å². The summed E-state index contributed by atoms with van der Waals surface area (Å²) < 4.78 is 10.7. The molecule has 0 radical (unpaired) electrons. The minimum Gasteiger partial charge on any atom is -0.465 e. The van der Waals surface area contributed by atoms with E-state index in [1.54, 1.807) is 36.7 Å². The Kier molecular flexibility index (Phi) is 4.45. The molecule has 2 aromatic heterocycles. The topological polar surface area (TPSA) is 74.2 Å². The molecule has 0 aliphatic carbocycles. The number of fused-ring (bicyclic) bond motifs is 1. The van der Waals surface area contributed by atoms with Crippen molar-refractivity contribution in [3.05, 3.63) is 78.6 Å². The monoisotopic (exact) mass is 357 g/mol. The molecule has 0 bridgehead atoms. The van der Waals surface area contributed by atoms with Gasteiger partial charge in [0.2, 0.25) is 5.88 Å². The molecule has 0 saturated heterocycles. The Morgan fingerprint density at radius 2 is 1.63 bits per heavy atom. The SMILES string of the molecule is COC(=O)c1ccc(Oc2nc(-c3ccncc3)nc3ccccc23)cc1. The van der Waals surface area contributed by atoms with Gasteiger partial charge in [-0.3, -0.25) is 4.98 Å². The molecular formula is C21H15N3O3. The van der Waals surface area contributed by atoms with Crippen molar-refractivity contribution in [1.29, 1.82) is 0 Å². The summed E-state index contributed by atoms with van der Waals surface area (Å²) in [5.41, 5.74) is 2.08. The lowest BCUT2D eigenvalue weighted by atomic mass is 10.2. The van der Waals surface area contributed by atoms with Gasteiger partial charge in [-0.15, -0.1) is 0 Å². The van der Waals surface area contributed by atoms with E-state index in [2.05, 4.69) is 15.0 Å². The van der Waals surface area contributed by atoms with Crippen molar-refractivity contribution in [2.75, 3.05) is 7.11 Å². The Hall–Kier alpha value is -3.80. The van der Waals surface area contributed by atoms with E-state index in [0.717, 1.165) is 16.5 Å². The molecule has 6 nitrogen and oxygen atoms in total. The van der Waals surface area contributed by atoms with Crippen LogP contribution in [0.3, 0.4) is 0 Å². The maximum Gasteiger partial charge on any atom is 0.337 e. The Bertz CT molecular complexity index is 1100. The molecule has 0 spiro atoms. The first-order valence-corrected chi connectivity index (χ1v) is 8.28. The van der Waals surface area contributed by atoms with Gasteiger partial charge in [0.25, 0.3) is 0 Å². The molecule has 0 saturated carbocycles. The number of nitrogens with zero attached hydrogens (tertiary/aromatic N) is 3. The summed E-state index contributed by atoms with van der Waals surface area (Å²) >= 11 is 0. The number of methoxy groups -OCH3 is 1. The zero-order valence-electron chi connectivity index (χ0n) is 14.5. The Morgan fingerprint density at radius 1 is 0.889 bits per heavy atom.